The molecule has 62 heavy (non-hydrogen) atoms. The minimum atomic E-state index is -0.864. The van der Waals surface area contributed by atoms with Crippen molar-refractivity contribution in [3.8, 4) is 11.5 Å². The van der Waals surface area contributed by atoms with E-state index in [9.17, 15) is 58.2 Å². The van der Waals surface area contributed by atoms with Crippen LogP contribution in [0.25, 0.3) is 0 Å². The summed E-state index contributed by atoms with van der Waals surface area (Å²) in [4.78, 5) is 128. The summed E-state index contributed by atoms with van der Waals surface area (Å²) in [5, 5.41) is 31.2. The molecule has 6 N–H and O–H groups in total. The Balaban J connectivity index is 1.40. The van der Waals surface area contributed by atoms with E-state index in [-0.39, 0.29) is 156 Å². The SMILES string of the molecule is COC(=O)c1ccc(CNC(=O)CCCC(=O)NCCN(CCNC(=O)CCCC(=O)NCc2ccc(C(=O)OC)c(O)c2)C(=O)CCCC(=O)ON2C(=O)CCC2=O)cc1O. The van der Waals surface area contributed by atoms with E-state index in [0.29, 0.717) is 16.2 Å². The number of ether oxygens (including phenoxy) is 2. The second-order valence-electron chi connectivity index (χ2n) is 13.9. The standard InChI is InChI=1S/C41H52N6O15/c1-60-40(58)28-14-12-26(22-30(28)48)24-44-34(52)8-3-6-32(50)42-18-20-46(36(54)10-5-11-39(57)62-47-37(55)16-17-38(47)56)21-19-43-33(51)7-4-9-35(53)45-25-27-13-15-29(31(49)23-27)41(59)61-2/h12-15,22-23,48-49H,3-11,16-21,24-25H2,1-2H3,(H,42,50)(H,43,51)(H,44,52)(H,45,53). The summed E-state index contributed by atoms with van der Waals surface area (Å²) in [6, 6.07) is 8.52. The van der Waals surface area contributed by atoms with Gasteiger partial charge in [0.15, 0.2) is 0 Å². The summed E-state index contributed by atoms with van der Waals surface area (Å²) in [6.45, 7) is 0.279. The molecule has 0 radical (unpaired) electrons. The molecule has 1 heterocycles. The summed E-state index contributed by atoms with van der Waals surface area (Å²) in [6.07, 6.45) is -0.0301. The Morgan fingerprint density at radius 1 is 0.597 bits per heavy atom. The van der Waals surface area contributed by atoms with Gasteiger partial charge in [0.2, 0.25) is 29.5 Å². The molecule has 0 aromatic heterocycles. The molecule has 1 fully saturated rings. The van der Waals surface area contributed by atoms with Gasteiger partial charge < -0.3 is 50.7 Å². The maximum absolute atomic E-state index is 13.2. The highest BCUT2D eigenvalue weighted by Gasteiger charge is 2.32. The minimum Gasteiger partial charge on any atom is -0.507 e. The Labute approximate surface area is 356 Å². The lowest BCUT2D eigenvalue weighted by Crippen LogP contribution is -2.42. The molecule has 1 aliphatic heterocycles. The quantitative estimate of drug-likeness (QED) is 0.0594. The summed E-state index contributed by atoms with van der Waals surface area (Å²) >= 11 is 0. The van der Waals surface area contributed by atoms with Crippen molar-refractivity contribution in [2.45, 2.75) is 83.7 Å². The molecule has 0 aliphatic carbocycles. The Morgan fingerprint density at radius 2 is 1.00 bits per heavy atom. The molecule has 0 unspecified atom stereocenters. The number of aromatic hydroxyl groups is 2. The first kappa shape index (κ1) is 49.3. The lowest BCUT2D eigenvalue weighted by atomic mass is 10.1. The average molecular weight is 869 g/mol. The number of nitrogens with zero attached hydrogens (tertiary/aromatic N) is 2. The van der Waals surface area contributed by atoms with Crippen molar-refractivity contribution >= 4 is 59.3 Å². The van der Waals surface area contributed by atoms with E-state index >= 15 is 0 Å². The number of methoxy groups -OCH3 is 2. The second kappa shape index (κ2) is 25.5. The number of phenols is 2. The monoisotopic (exact) mass is 868 g/mol. The van der Waals surface area contributed by atoms with Crippen LogP contribution in [0.15, 0.2) is 36.4 Å². The van der Waals surface area contributed by atoms with Crippen LogP contribution in [-0.2, 0) is 65.8 Å². The number of rotatable bonds is 25. The third kappa shape index (κ3) is 16.9. The molecular weight excluding hydrogens is 816 g/mol. The molecule has 0 atom stereocenters. The van der Waals surface area contributed by atoms with Gasteiger partial charge >= 0.3 is 17.9 Å². The lowest BCUT2D eigenvalue weighted by Gasteiger charge is -2.23. The predicted molar refractivity (Wildman–Crippen MR) is 214 cm³/mol. The van der Waals surface area contributed by atoms with Crippen molar-refractivity contribution < 1.29 is 72.5 Å². The molecule has 3 rings (SSSR count). The van der Waals surface area contributed by atoms with Crippen LogP contribution in [0.5, 0.6) is 11.5 Å². The van der Waals surface area contributed by atoms with Crippen molar-refractivity contribution in [2.24, 2.45) is 0 Å². The zero-order valence-electron chi connectivity index (χ0n) is 34.6. The van der Waals surface area contributed by atoms with Crippen molar-refractivity contribution in [1.29, 1.82) is 0 Å². The number of carbonyl (C=O) groups excluding carboxylic acids is 10. The number of hydroxylamine groups is 2. The Hall–Kier alpha value is -7.06. The smallest absolute Gasteiger partial charge is 0.341 e. The second-order valence-corrected chi connectivity index (χ2v) is 13.9. The summed E-state index contributed by atoms with van der Waals surface area (Å²) in [5.41, 5.74) is 1.05. The summed E-state index contributed by atoms with van der Waals surface area (Å²) in [7, 11) is 2.37. The molecule has 1 aliphatic rings. The van der Waals surface area contributed by atoms with Gasteiger partial charge in [-0.15, -0.1) is 5.06 Å². The number of hydrogen-bond donors (Lipinski definition) is 6. The molecule has 0 bridgehead atoms. The Kier molecular flexibility index (Phi) is 20.3. The molecular formula is C41H52N6O15. The molecule has 7 amide bonds. The topological polar surface area (TPSA) is 293 Å². The van der Waals surface area contributed by atoms with Gasteiger partial charge in [-0.2, -0.15) is 0 Å². The van der Waals surface area contributed by atoms with E-state index in [1.54, 1.807) is 12.1 Å². The number of phenolic OH excluding ortho intramolecular Hbond substituents is 2. The van der Waals surface area contributed by atoms with Crippen LogP contribution in [-0.4, -0.2) is 120 Å². The fraction of sp³-hybridized carbons (Fsp3) is 0.463. The van der Waals surface area contributed by atoms with Gasteiger partial charge in [0.05, 0.1) is 14.2 Å². The third-order valence-electron chi connectivity index (χ3n) is 9.26. The molecule has 2 aromatic rings. The number of esters is 2. The van der Waals surface area contributed by atoms with Gasteiger partial charge in [-0.05, 0) is 54.7 Å². The first-order valence-electron chi connectivity index (χ1n) is 19.8. The maximum Gasteiger partial charge on any atom is 0.341 e. The molecule has 21 nitrogen and oxygen atoms in total. The van der Waals surface area contributed by atoms with E-state index in [0.717, 1.165) is 0 Å². The number of carbonyl (C=O) groups is 10. The predicted octanol–water partition coefficient (Wildman–Crippen LogP) is 0.783. The number of amides is 7. The van der Waals surface area contributed by atoms with E-state index in [1.807, 2.05) is 0 Å². The average Bonchev–Trinajstić information content (AvgIpc) is 3.55. The van der Waals surface area contributed by atoms with Crippen molar-refractivity contribution in [3.05, 3.63) is 58.7 Å². The van der Waals surface area contributed by atoms with Gasteiger partial charge in [-0.1, -0.05) is 12.1 Å². The summed E-state index contributed by atoms with van der Waals surface area (Å²) in [5.74, 6) is -5.98. The highest BCUT2D eigenvalue weighted by atomic mass is 16.7. The normalized spacial score (nSPS) is 11.9. The largest absolute Gasteiger partial charge is 0.507 e. The molecule has 21 heteroatoms. The van der Waals surface area contributed by atoms with Crippen LogP contribution in [0, 0.1) is 0 Å². The maximum atomic E-state index is 13.2. The Morgan fingerprint density at radius 3 is 1.40 bits per heavy atom. The van der Waals surface area contributed by atoms with Crippen molar-refractivity contribution in [1.82, 2.24) is 31.2 Å². The fourth-order valence-corrected chi connectivity index (χ4v) is 5.88. The van der Waals surface area contributed by atoms with E-state index in [2.05, 4.69) is 30.7 Å². The van der Waals surface area contributed by atoms with Crippen molar-refractivity contribution in [3.63, 3.8) is 0 Å². The molecule has 2 aromatic carbocycles. The first-order chi connectivity index (χ1) is 29.6. The summed E-state index contributed by atoms with van der Waals surface area (Å²) < 4.78 is 9.17. The molecule has 336 valence electrons. The third-order valence-corrected chi connectivity index (χ3v) is 9.26. The van der Waals surface area contributed by atoms with Crippen LogP contribution in [0.4, 0.5) is 0 Å². The van der Waals surface area contributed by atoms with Crippen molar-refractivity contribution in [2.75, 3.05) is 40.4 Å². The highest BCUT2D eigenvalue weighted by Crippen LogP contribution is 2.21. The minimum absolute atomic E-state index is 0.00191. The van der Waals surface area contributed by atoms with E-state index in [4.69, 9.17) is 4.84 Å². The first-order valence-corrected chi connectivity index (χ1v) is 19.8. The van der Waals surface area contributed by atoms with Gasteiger partial charge in [0, 0.05) is 90.6 Å². The fourth-order valence-electron chi connectivity index (χ4n) is 5.88. The number of hydrogen-bond acceptors (Lipinski definition) is 15. The Bertz CT molecular complexity index is 1870. The number of imide groups is 1. The van der Waals surface area contributed by atoms with Gasteiger partial charge in [-0.25, -0.2) is 14.4 Å². The lowest BCUT2D eigenvalue weighted by molar-refractivity contribution is -0.197. The number of nitrogens with one attached hydrogen (secondary N) is 4. The number of benzene rings is 2. The van der Waals surface area contributed by atoms with Crippen LogP contribution in [0.3, 0.4) is 0 Å². The van der Waals surface area contributed by atoms with E-state index in [1.165, 1.54) is 43.4 Å². The zero-order chi connectivity index (χ0) is 45.6. The molecule has 0 spiro atoms. The molecule has 1 saturated heterocycles. The van der Waals surface area contributed by atoms with E-state index < -0.39 is 35.6 Å². The van der Waals surface area contributed by atoms with Gasteiger partial charge in [0.25, 0.3) is 11.8 Å². The van der Waals surface area contributed by atoms with Crippen LogP contribution >= 0.6 is 0 Å². The van der Waals surface area contributed by atoms with Gasteiger partial charge in [0.1, 0.15) is 22.6 Å². The van der Waals surface area contributed by atoms with Crippen LogP contribution in [0.2, 0.25) is 0 Å². The zero-order valence-corrected chi connectivity index (χ0v) is 34.6. The van der Waals surface area contributed by atoms with Crippen LogP contribution < -0.4 is 21.3 Å². The van der Waals surface area contributed by atoms with Gasteiger partial charge in [-0.3, -0.25) is 33.6 Å². The van der Waals surface area contributed by atoms with Crippen LogP contribution in [0.1, 0.15) is 102 Å². The molecule has 0 saturated carbocycles. The highest BCUT2D eigenvalue weighted by molar-refractivity contribution is 6.01.